The molecule has 11 nitrogen and oxygen atoms in total. The van der Waals surface area contributed by atoms with Crippen LogP contribution in [0.2, 0.25) is 0 Å². The summed E-state index contributed by atoms with van der Waals surface area (Å²) >= 11 is 2.21. The number of nitrogens with one attached hydrogen (secondary N) is 2. The molecule has 14 heteroatoms. The number of H-pyrrole nitrogens is 1. The number of fused-ring (bicyclic) bond motifs is 2. The number of hydrogen-bond donors (Lipinski definition) is 3. The van der Waals surface area contributed by atoms with Gasteiger partial charge in [-0.05, 0) is 61.0 Å². The van der Waals surface area contributed by atoms with Gasteiger partial charge in [-0.2, -0.15) is 0 Å². The van der Waals surface area contributed by atoms with Crippen LogP contribution in [0.3, 0.4) is 0 Å². The van der Waals surface area contributed by atoms with Crippen LogP contribution >= 0.6 is 23.1 Å². The summed E-state index contributed by atoms with van der Waals surface area (Å²) in [6.07, 6.45) is 0. The first kappa shape index (κ1) is 28.9. The Balaban J connectivity index is 1.24. The van der Waals surface area contributed by atoms with Gasteiger partial charge in [0.05, 0.1) is 21.5 Å². The van der Waals surface area contributed by atoms with Gasteiger partial charge in [0.25, 0.3) is 5.91 Å². The maximum atomic E-state index is 13.9. The topological polar surface area (TPSA) is 169 Å². The SMILES string of the molecule is Cc1ccc(N2C(=O)C3Sc4[nH]c(=O)sc4[C@H](c4cccc(OCC(=O)Nc5ccc(S(N)(=O)=O)cc5)c4)C3C2=O)cc1. The lowest BCUT2D eigenvalue weighted by molar-refractivity contribution is -0.122. The van der Waals surface area contributed by atoms with Crippen LogP contribution in [-0.2, 0) is 24.4 Å². The molecule has 2 unspecified atom stereocenters. The van der Waals surface area contributed by atoms with Gasteiger partial charge < -0.3 is 15.0 Å². The fourth-order valence-corrected chi connectivity index (χ4v) is 8.23. The number of hydrogen-bond acceptors (Lipinski definition) is 9. The molecule has 0 bridgehead atoms. The average molecular weight is 637 g/mol. The normalized spacial score (nSPS) is 19.6. The predicted octanol–water partition coefficient (Wildman–Crippen LogP) is 3.21. The molecule has 0 spiro atoms. The maximum absolute atomic E-state index is 13.9. The van der Waals surface area contributed by atoms with Gasteiger partial charge in [0.1, 0.15) is 11.0 Å². The van der Waals surface area contributed by atoms with Gasteiger partial charge in [-0.1, -0.05) is 52.9 Å². The number of anilines is 2. The van der Waals surface area contributed by atoms with E-state index in [0.29, 0.717) is 32.6 Å². The van der Waals surface area contributed by atoms with E-state index in [-0.39, 0.29) is 28.2 Å². The van der Waals surface area contributed by atoms with Crippen molar-refractivity contribution in [3.63, 3.8) is 0 Å². The molecule has 220 valence electrons. The minimum absolute atomic E-state index is 0.0815. The summed E-state index contributed by atoms with van der Waals surface area (Å²) in [5.41, 5.74) is 2.51. The summed E-state index contributed by atoms with van der Waals surface area (Å²) in [4.78, 5) is 56.7. The van der Waals surface area contributed by atoms with Crippen molar-refractivity contribution in [2.75, 3.05) is 16.8 Å². The lowest BCUT2D eigenvalue weighted by atomic mass is 9.83. The molecule has 1 saturated heterocycles. The van der Waals surface area contributed by atoms with Crippen molar-refractivity contribution in [1.29, 1.82) is 0 Å². The van der Waals surface area contributed by atoms with Crippen LogP contribution in [0, 0.1) is 12.8 Å². The number of carbonyl (C=O) groups excluding carboxylic acids is 3. The number of nitrogens with two attached hydrogens (primary N) is 1. The Morgan fingerprint density at radius 3 is 2.44 bits per heavy atom. The zero-order valence-corrected chi connectivity index (χ0v) is 24.9. The quantitative estimate of drug-likeness (QED) is 0.260. The molecular weight excluding hydrogens is 613 g/mol. The lowest BCUT2D eigenvalue weighted by Crippen LogP contribution is -2.32. The predicted molar refractivity (Wildman–Crippen MR) is 162 cm³/mol. The van der Waals surface area contributed by atoms with Crippen molar-refractivity contribution in [1.82, 2.24) is 4.98 Å². The van der Waals surface area contributed by atoms with Crippen LogP contribution in [-0.4, -0.2) is 43.0 Å². The van der Waals surface area contributed by atoms with E-state index in [0.717, 1.165) is 16.9 Å². The number of imide groups is 1. The van der Waals surface area contributed by atoms with Gasteiger partial charge in [0.2, 0.25) is 21.8 Å². The van der Waals surface area contributed by atoms with Crippen LogP contribution in [0.15, 0.2) is 87.5 Å². The maximum Gasteiger partial charge on any atom is 0.305 e. The summed E-state index contributed by atoms with van der Waals surface area (Å²) in [5, 5.41) is 7.56. The second-order valence-electron chi connectivity index (χ2n) is 10.1. The molecule has 4 N–H and O–H groups in total. The Kier molecular flexibility index (Phi) is 7.46. The Hall–Kier alpha value is -4.24. The zero-order valence-electron chi connectivity index (χ0n) is 22.5. The van der Waals surface area contributed by atoms with Gasteiger partial charge in [0, 0.05) is 16.5 Å². The van der Waals surface area contributed by atoms with Crippen LogP contribution in [0.5, 0.6) is 5.75 Å². The molecule has 0 radical (unpaired) electrons. The Bertz CT molecular complexity index is 1920. The fourth-order valence-electron chi connectivity index (χ4n) is 5.20. The number of ether oxygens (including phenoxy) is 1. The van der Waals surface area contributed by atoms with Crippen molar-refractivity contribution in [3.8, 4) is 5.75 Å². The van der Waals surface area contributed by atoms with Gasteiger partial charge in [-0.3, -0.25) is 19.2 Å². The number of nitrogens with zero attached hydrogens (tertiary/aromatic N) is 1. The van der Waals surface area contributed by atoms with Gasteiger partial charge in [-0.15, -0.1) is 0 Å². The summed E-state index contributed by atoms with van der Waals surface area (Å²) in [7, 11) is -3.86. The van der Waals surface area contributed by atoms with Crippen LogP contribution in [0.1, 0.15) is 21.9 Å². The number of benzene rings is 3. The molecule has 0 aliphatic carbocycles. The average Bonchev–Trinajstić information content (AvgIpc) is 3.46. The molecule has 3 atom stereocenters. The van der Waals surface area contributed by atoms with Crippen molar-refractivity contribution in [2.24, 2.45) is 11.1 Å². The molecule has 1 aromatic heterocycles. The number of amides is 3. The highest BCUT2D eigenvalue weighted by Gasteiger charge is 2.56. The number of rotatable bonds is 7. The summed E-state index contributed by atoms with van der Waals surface area (Å²) in [6.45, 7) is 1.57. The standard InChI is InChI=1S/C29H24N4O7S3/c1-15-5-9-18(10-6-15)33-27(35)23-22(24-26(32-29(37)42-24)41-25(23)28(33)36)16-3-2-4-19(13-16)40-14-21(34)31-17-7-11-20(12-8-17)43(30,38)39/h2-13,22-23,25H,14H2,1H3,(H,31,34)(H,32,37)(H2,30,38,39)/t22-,23?,25?/m1/s1. The Labute approximate surface area is 254 Å². The van der Waals surface area contributed by atoms with Crippen molar-refractivity contribution in [3.05, 3.63) is 98.5 Å². The monoisotopic (exact) mass is 636 g/mol. The molecule has 2 aliphatic rings. The molecular formula is C29H24N4O7S3. The minimum Gasteiger partial charge on any atom is -0.484 e. The number of carbonyl (C=O) groups is 3. The third-order valence-electron chi connectivity index (χ3n) is 7.17. The third kappa shape index (κ3) is 5.61. The van der Waals surface area contributed by atoms with E-state index in [9.17, 15) is 27.6 Å². The third-order valence-corrected chi connectivity index (χ3v) is 10.5. The molecule has 1 fully saturated rings. The first-order valence-electron chi connectivity index (χ1n) is 13.0. The highest BCUT2D eigenvalue weighted by Crippen LogP contribution is 2.53. The molecule has 3 amide bonds. The number of thioether (sulfide) groups is 1. The molecule has 43 heavy (non-hydrogen) atoms. The zero-order chi connectivity index (χ0) is 30.5. The number of sulfonamides is 1. The van der Waals surface area contributed by atoms with Gasteiger partial charge in [0.15, 0.2) is 6.61 Å². The number of thiazole rings is 1. The second-order valence-corrected chi connectivity index (χ2v) is 13.8. The van der Waals surface area contributed by atoms with Crippen LogP contribution in [0.4, 0.5) is 11.4 Å². The summed E-state index contributed by atoms with van der Waals surface area (Å²) < 4.78 is 28.6. The molecule has 6 rings (SSSR count). The van der Waals surface area contributed by atoms with E-state index in [1.165, 1.54) is 40.9 Å². The molecule has 3 aromatic carbocycles. The van der Waals surface area contributed by atoms with Crippen molar-refractivity contribution >= 4 is 62.2 Å². The molecule has 2 aliphatic heterocycles. The van der Waals surface area contributed by atoms with E-state index in [1.807, 2.05) is 19.1 Å². The number of aryl methyl sites for hydroxylation is 1. The number of primary sulfonamides is 1. The Morgan fingerprint density at radius 1 is 1.02 bits per heavy atom. The lowest BCUT2D eigenvalue weighted by Gasteiger charge is -2.30. The molecule has 3 heterocycles. The largest absolute Gasteiger partial charge is 0.484 e. The van der Waals surface area contributed by atoms with E-state index in [1.54, 1.807) is 36.4 Å². The van der Waals surface area contributed by atoms with Crippen LogP contribution < -0.4 is 25.0 Å². The first-order valence-corrected chi connectivity index (χ1v) is 16.2. The van der Waals surface area contributed by atoms with Gasteiger partial charge >= 0.3 is 4.87 Å². The molecule has 0 saturated carbocycles. The number of aromatic nitrogens is 1. The summed E-state index contributed by atoms with van der Waals surface area (Å²) in [5.74, 6) is -2.17. The smallest absolute Gasteiger partial charge is 0.305 e. The highest BCUT2D eigenvalue weighted by atomic mass is 32.2. The second kappa shape index (κ2) is 11.1. The number of aromatic amines is 1. The molecule has 4 aromatic rings. The van der Waals surface area contributed by atoms with E-state index in [4.69, 9.17) is 9.88 Å². The minimum atomic E-state index is -3.86. The first-order chi connectivity index (χ1) is 20.5. The fraction of sp³-hybridized carbons (Fsp3) is 0.172. The van der Waals surface area contributed by atoms with E-state index >= 15 is 0 Å². The van der Waals surface area contributed by atoms with Crippen molar-refractivity contribution < 1.29 is 27.5 Å². The van der Waals surface area contributed by atoms with Crippen LogP contribution in [0.25, 0.3) is 0 Å². The van der Waals surface area contributed by atoms with E-state index < -0.39 is 33.0 Å². The Morgan fingerprint density at radius 2 is 1.74 bits per heavy atom. The van der Waals surface area contributed by atoms with Crippen molar-refractivity contribution in [2.45, 2.75) is 28.0 Å². The van der Waals surface area contributed by atoms with E-state index in [2.05, 4.69) is 10.3 Å². The summed E-state index contributed by atoms with van der Waals surface area (Å²) in [6, 6.07) is 19.4. The van der Waals surface area contributed by atoms with Gasteiger partial charge in [-0.25, -0.2) is 18.5 Å². The highest BCUT2D eigenvalue weighted by molar-refractivity contribution is 8.00.